The van der Waals surface area contributed by atoms with E-state index in [1.807, 2.05) is 24.8 Å². The minimum absolute atomic E-state index is 0. The Morgan fingerprint density at radius 3 is 0.510 bits per heavy atom. The third kappa shape index (κ3) is 41.7. The average Bonchev–Trinajstić information content (AvgIpc) is 0.858. The minimum Gasteiger partial charge on any atom is -2.00 e. The Bertz CT molecular complexity index is 3170. The number of aromatic nitrogens is 4. The van der Waals surface area contributed by atoms with Gasteiger partial charge in [-0.2, -0.15) is 0 Å². The van der Waals surface area contributed by atoms with Crippen LogP contribution in [0.2, 0.25) is 0 Å². The minimum atomic E-state index is -6.00. The van der Waals surface area contributed by atoms with Crippen molar-refractivity contribution in [2.24, 2.45) is 0 Å². The van der Waals surface area contributed by atoms with Gasteiger partial charge >= 0.3 is 101 Å². The van der Waals surface area contributed by atoms with Crippen LogP contribution in [0.5, 0.6) is 0 Å². The second-order valence-electron chi connectivity index (χ2n) is 24.9. The molecule has 0 bridgehead atoms. The number of hydrogen-bond acceptors (Lipinski definition) is 4. The van der Waals surface area contributed by atoms with Crippen molar-refractivity contribution < 1.29 is 132 Å². The molecule has 0 spiro atoms. The van der Waals surface area contributed by atoms with Gasteiger partial charge in [0.15, 0.2) is 0 Å². The fourth-order valence-corrected chi connectivity index (χ4v) is 13.9. The van der Waals surface area contributed by atoms with E-state index in [0.29, 0.717) is 0 Å². The van der Waals surface area contributed by atoms with Gasteiger partial charge in [-0.15, -0.1) is 46.4 Å². The molecule has 0 radical (unpaired) electrons. The standard InChI is InChI=1S/2C18H24N2.2C18H15P.2CH2Cl2.2Au.2BF4.2O.2Pt/c2*1-17(2,3)13-7-9-19-15(11-13)16-12-14(8-10-20-16)18(4,5)6;2*1-4-10-16(11-5-1)19(17-12-6-2-7-13-17)18-14-8-3-9-15-18;2*2-1-3;;;2*2-1(3,4)5;;;;/h2*7-12H,1-6H3;2*1-15H;2*1H2;;;;;;;;/q;;;;;;2*+1;2*-1;2*-2;2*+2/p+2. The molecule has 0 aliphatic carbocycles. The Morgan fingerprint density at radius 2 is 0.400 bits per heavy atom. The third-order valence-electron chi connectivity index (χ3n) is 13.4. The number of hydrogen-bond donors (Lipinski definition) is 0. The molecule has 4 aromatic heterocycles. The molecule has 10 aromatic rings. The van der Waals surface area contributed by atoms with Crippen molar-refractivity contribution in [1.29, 1.82) is 0 Å². The van der Waals surface area contributed by atoms with Crippen LogP contribution in [0.15, 0.2) is 255 Å². The van der Waals surface area contributed by atoms with E-state index in [2.05, 4.69) is 334 Å². The molecule has 0 atom stereocenters. The first-order chi connectivity index (χ1) is 44.1. The van der Waals surface area contributed by atoms with Crippen molar-refractivity contribution in [2.45, 2.75) is 105 Å². The van der Waals surface area contributed by atoms with Gasteiger partial charge in [0.1, 0.15) is 31.8 Å². The Labute approximate surface area is 670 Å². The van der Waals surface area contributed by atoms with Crippen LogP contribution in [-0.2, 0) is 120 Å². The van der Waals surface area contributed by atoms with Gasteiger partial charge in [0.25, 0.3) is 0 Å². The number of nitrogens with zero attached hydrogens (tertiary/aromatic N) is 4. The zero-order chi connectivity index (χ0) is 70.2. The number of benzene rings is 6. The van der Waals surface area contributed by atoms with Crippen LogP contribution in [0.1, 0.15) is 105 Å². The number of halogens is 12. The maximum absolute atomic E-state index is 9.75. The van der Waals surface area contributed by atoms with E-state index in [0.717, 1.165) is 22.8 Å². The van der Waals surface area contributed by atoms with Crippen molar-refractivity contribution in [2.75, 3.05) is 10.7 Å². The number of rotatable bonds is 8. The summed E-state index contributed by atoms with van der Waals surface area (Å²) in [6.45, 7) is 26.6. The van der Waals surface area contributed by atoms with Crippen LogP contribution >= 0.6 is 62.2 Å². The van der Waals surface area contributed by atoms with Crippen molar-refractivity contribution in [3.05, 3.63) is 278 Å². The Kier molecular flexibility index (Phi) is 52.8. The first kappa shape index (κ1) is 103. The van der Waals surface area contributed by atoms with E-state index in [9.17, 15) is 34.5 Å². The smallest absolute Gasteiger partial charge is 2.00 e. The molecule has 100 heavy (non-hydrogen) atoms. The van der Waals surface area contributed by atoms with Crippen molar-refractivity contribution in [3.8, 4) is 22.8 Å². The van der Waals surface area contributed by atoms with E-state index in [1.54, 1.807) is 0 Å². The second-order valence-corrected chi connectivity index (χ2v) is 31.4. The molecular weight excluding hydrogens is 2140 g/mol. The quantitative estimate of drug-likeness (QED) is 0.0653. The van der Waals surface area contributed by atoms with E-state index in [-0.39, 0.29) is 130 Å². The third-order valence-corrected chi connectivity index (χ3v) is 18.9. The molecule has 0 fully saturated rings. The predicted molar refractivity (Wildman–Crippen MR) is 398 cm³/mol. The van der Waals surface area contributed by atoms with E-state index < -0.39 is 30.4 Å². The molecular formula is C74H84Au2B2Cl4F8N4O2P2Pt2+2. The predicted octanol–water partition coefficient (Wildman–Crippen LogP) is 21.0. The molecule has 0 aliphatic rings. The van der Waals surface area contributed by atoms with Crippen LogP contribution in [0.25, 0.3) is 22.8 Å². The monoisotopic (exact) mass is 2220 g/mol. The van der Waals surface area contributed by atoms with Gasteiger partial charge < -0.3 is 45.5 Å². The first-order valence-corrected chi connectivity index (χ1v) is 35.1. The SMILES string of the molecule is CC(C)(C)c1ccnc(-c2cc(C(C)(C)C)ccn2)c1.CC(C)(C)c1ccnc(-c2cc(C(C)(C)C)ccn2)c1.ClCCl.ClCCl.F[B-](F)(F)F.F[B-](F)(F)F.[Au+].[Au+].[O-2].[O-2].[Pt+2].[Pt+2].c1ccc([PH+](c2ccccc2)c2ccccc2)cc1.c1ccc([PH+](c2ccccc2)c2ccccc2)cc1. The molecule has 10 rings (SSSR count). The summed E-state index contributed by atoms with van der Waals surface area (Å²) in [7, 11) is -13.8. The summed E-state index contributed by atoms with van der Waals surface area (Å²) in [4.78, 5) is 17.9. The van der Waals surface area contributed by atoms with Gasteiger partial charge in [0.05, 0.1) is 49.3 Å². The molecule has 552 valence electrons. The van der Waals surface area contributed by atoms with Crippen LogP contribution in [0.4, 0.5) is 34.5 Å². The molecule has 0 saturated heterocycles. The Hall–Kier alpha value is -3.71. The zero-order valence-corrected chi connectivity index (χ0v) is 71.1. The maximum Gasteiger partial charge on any atom is 2.00 e. The molecule has 0 N–H and O–H groups in total. The summed E-state index contributed by atoms with van der Waals surface area (Å²) in [5, 5.41) is 9.00. The summed E-state index contributed by atoms with van der Waals surface area (Å²) in [6.07, 6.45) is 7.51. The molecule has 0 unspecified atom stereocenters. The van der Waals surface area contributed by atoms with Gasteiger partial charge in [0, 0.05) is 24.8 Å². The van der Waals surface area contributed by atoms with Gasteiger partial charge in [-0.25, -0.2) is 0 Å². The number of alkyl halides is 4. The van der Waals surface area contributed by atoms with E-state index in [1.165, 1.54) is 54.1 Å². The zero-order valence-electron chi connectivity index (χ0n) is 57.2. The van der Waals surface area contributed by atoms with Gasteiger partial charge in [-0.1, -0.05) is 192 Å². The van der Waals surface area contributed by atoms with E-state index in [4.69, 9.17) is 46.4 Å². The fraction of sp³-hybridized carbons (Fsp3) is 0.243. The molecule has 0 aliphatic heterocycles. The van der Waals surface area contributed by atoms with Crippen LogP contribution in [-0.4, -0.2) is 45.1 Å². The van der Waals surface area contributed by atoms with Crippen LogP contribution in [0.3, 0.4) is 0 Å². The summed E-state index contributed by atoms with van der Waals surface area (Å²) in [5.74, 6) is 0. The fourth-order valence-electron chi connectivity index (χ4n) is 8.78. The Balaban J connectivity index is -0.000000561. The maximum atomic E-state index is 9.75. The van der Waals surface area contributed by atoms with Crippen LogP contribution < -0.4 is 31.8 Å². The second kappa shape index (κ2) is 51.5. The molecule has 4 heterocycles. The molecule has 6 aromatic carbocycles. The molecule has 6 nitrogen and oxygen atoms in total. The van der Waals surface area contributed by atoms with Gasteiger partial charge in [-0.05, 0) is 165 Å². The Morgan fingerprint density at radius 1 is 0.280 bits per heavy atom. The molecule has 0 saturated carbocycles. The average molecular weight is 2220 g/mol. The molecule has 26 heteroatoms. The van der Waals surface area contributed by atoms with Gasteiger partial charge in [0.2, 0.25) is 0 Å². The van der Waals surface area contributed by atoms with Crippen molar-refractivity contribution in [1.82, 2.24) is 19.9 Å². The van der Waals surface area contributed by atoms with Gasteiger partial charge in [-0.3, -0.25) is 19.9 Å². The largest absolute Gasteiger partial charge is 2.00 e. The normalized spacial score (nSPS) is 10.6. The van der Waals surface area contributed by atoms with E-state index >= 15 is 0 Å². The summed E-state index contributed by atoms with van der Waals surface area (Å²) in [6, 6.07) is 81.9. The first-order valence-electron chi connectivity index (χ1n) is 30.0. The number of pyridine rings is 4. The summed E-state index contributed by atoms with van der Waals surface area (Å²) < 4.78 is 78.0. The van der Waals surface area contributed by atoms with Crippen LogP contribution in [0, 0.1) is 0 Å². The topological polar surface area (TPSA) is 109 Å². The summed E-state index contributed by atoms with van der Waals surface area (Å²) in [5.41, 5.74) is 9.42. The van der Waals surface area contributed by atoms with Crippen molar-refractivity contribution >= 4 is 109 Å². The summed E-state index contributed by atoms with van der Waals surface area (Å²) >= 11 is 19.1. The molecule has 0 amide bonds. The van der Waals surface area contributed by atoms with Crippen molar-refractivity contribution in [3.63, 3.8) is 0 Å².